The molecule has 2 N–H and O–H groups in total. The Balaban J connectivity index is 1.45. The fourth-order valence-corrected chi connectivity index (χ4v) is 4.55. The van der Waals surface area contributed by atoms with Gasteiger partial charge < -0.3 is 15.4 Å². The molecule has 1 fully saturated rings. The Hall–Kier alpha value is -2.51. The Morgan fingerprint density at radius 3 is 2.93 bits per heavy atom. The molecule has 1 aromatic carbocycles. The van der Waals surface area contributed by atoms with E-state index in [2.05, 4.69) is 32.7 Å². The number of carbonyl (C=O) groups is 1. The summed E-state index contributed by atoms with van der Waals surface area (Å²) >= 11 is 1.42. The van der Waals surface area contributed by atoms with E-state index in [0.29, 0.717) is 11.4 Å². The van der Waals surface area contributed by atoms with Crippen molar-refractivity contribution >= 4 is 33.3 Å². The Morgan fingerprint density at radius 1 is 1.29 bits per heavy atom. The third kappa shape index (κ3) is 4.15. The molecule has 0 saturated carbocycles. The number of hydrogen-bond donors (Lipinski definition) is 2. The Morgan fingerprint density at radius 2 is 2.14 bits per heavy atom. The molecule has 28 heavy (non-hydrogen) atoms. The molecule has 1 amide bonds. The first kappa shape index (κ1) is 18.8. The summed E-state index contributed by atoms with van der Waals surface area (Å²) in [6.07, 6.45) is 4.76. The lowest BCUT2D eigenvalue weighted by atomic mass is 10.1. The molecule has 0 spiro atoms. The number of benzene rings is 1. The van der Waals surface area contributed by atoms with Crippen LogP contribution in [-0.2, 0) is 11.2 Å². The minimum atomic E-state index is -0.0542. The van der Waals surface area contributed by atoms with Gasteiger partial charge in [0.25, 0.3) is 5.91 Å². The number of fused-ring (bicyclic) bond motifs is 1. The van der Waals surface area contributed by atoms with Crippen LogP contribution < -0.4 is 10.6 Å². The monoisotopic (exact) mass is 396 g/mol. The molecule has 2 aromatic heterocycles. The van der Waals surface area contributed by atoms with Gasteiger partial charge in [0.15, 0.2) is 0 Å². The fraction of sp³-hybridized carbons (Fsp3) is 0.381. The highest BCUT2D eigenvalue weighted by Gasteiger charge is 2.20. The summed E-state index contributed by atoms with van der Waals surface area (Å²) in [5.74, 6) is 0.721. The number of nitrogens with zero attached hydrogens (tertiary/aromatic N) is 2. The zero-order valence-electron chi connectivity index (χ0n) is 15.9. The first-order valence-electron chi connectivity index (χ1n) is 9.64. The van der Waals surface area contributed by atoms with Gasteiger partial charge >= 0.3 is 0 Å². The van der Waals surface area contributed by atoms with Crippen LogP contribution in [0.5, 0.6) is 0 Å². The predicted molar refractivity (Wildman–Crippen MR) is 112 cm³/mol. The molecule has 0 unspecified atom stereocenters. The molecule has 0 aliphatic carbocycles. The topological polar surface area (TPSA) is 76.1 Å². The molecule has 3 heterocycles. The smallest absolute Gasteiger partial charge is 0.261 e. The lowest BCUT2D eigenvalue weighted by Gasteiger charge is -2.12. The summed E-state index contributed by atoms with van der Waals surface area (Å²) < 4.78 is 5.67. The SMILES string of the molecule is Cc1c(C(=O)NCCc2ccccc2)sc2ncnc(NC[C@H]3CCCO3)c12. The molecule has 1 aliphatic rings. The van der Waals surface area contributed by atoms with Gasteiger partial charge in [0.05, 0.1) is 16.4 Å². The van der Waals surface area contributed by atoms with Crippen molar-refractivity contribution in [3.05, 3.63) is 52.7 Å². The number of hydrogen-bond acceptors (Lipinski definition) is 6. The standard InChI is InChI=1S/C21H24N4O2S/c1-14-17-19(23-12-16-8-5-11-27-16)24-13-25-21(17)28-18(14)20(26)22-10-9-15-6-3-2-4-7-15/h2-4,6-7,13,16H,5,8-12H2,1H3,(H,22,26)(H,23,24,25)/t16-/m1/s1. The normalized spacial score (nSPS) is 16.4. The van der Waals surface area contributed by atoms with E-state index in [1.807, 2.05) is 25.1 Å². The molecule has 3 aromatic rings. The van der Waals surface area contributed by atoms with Crippen LogP contribution >= 0.6 is 11.3 Å². The third-order valence-corrected chi connectivity index (χ3v) is 6.19. The van der Waals surface area contributed by atoms with Crippen LogP contribution in [0.4, 0.5) is 5.82 Å². The summed E-state index contributed by atoms with van der Waals surface area (Å²) in [4.78, 5) is 23.0. The van der Waals surface area contributed by atoms with Crippen LogP contribution in [0, 0.1) is 6.92 Å². The molecular weight excluding hydrogens is 372 g/mol. The molecular formula is C21H24N4O2S. The highest BCUT2D eigenvalue weighted by atomic mass is 32.1. The van der Waals surface area contributed by atoms with Crippen LogP contribution in [0.25, 0.3) is 10.2 Å². The zero-order chi connectivity index (χ0) is 19.3. The van der Waals surface area contributed by atoms with Crippen LogP contribution in [0.15, 0.2) is 36.7 Å². The fourth-order valence-electron chi connectivity index (χ4n) is 3.48. The maximum absolute atomic E-state index is 12.7. The molecule has 7 heteroatoms. The molecule has 1 aliphatic heterocycles. The highest BCUT2D eigenvalue weighted by Crippen LogP contribution is 2.33. The molecule has 0 radical (unpaired) electrons. The number of aryl methyl sites for hydroxylation is 1. The van der Waals surface area contributed by atoms with Gasteiger partial charge in [-0.05, 0) is 37.3 Å². The summed E-state index contributed by atoms with van der Waals surface area (Å²) in [5, 5.41) is 7.34. The number of nitrogens with one attached hydrogen (secondary N) is 2. The first-order chi connectivity index (χ1) is 13.7. The number of rotatable bonds is 7. The van der Waals surface area contributed by atoms with Crippen molar-refractivity contribution in [1.82, 2.24) is 15.3 Å². The predicted octanol–water partition coefficient (Wildman–Crippen LogP) is 3.56. The molecule has 4 rings (SSSR count). The number of amides is 1. The van der Waals surface area contributed by atoms with E-state index in [1.165, 1.54) is 16.9 Å². The van der Waals surface area contributed by atoms with E-state index >= 15 is 0 Å². The van der Waals surface area contributed by atoms with E-state index < -0.39 is 0 Å². The maximum atomic E-state index is 12.7. The largest absolute Gasteiger partial charge is 0.376 e. The zero-order valence-corrected chi connectivity index (χ0v) is 16.7. The van der Waals surface area contributed by atoms with Crippen LogP contribution in [0.3, 0.4) is 0 Å². The molecule has 1 atom stereocenters. The Labute approximate surface area is 168 Å². The van der Waals surface area contributed by atoms with E-state index in [1.54, 1.807) is 6.33 Å². The molecule has 146 valence electrons. The van der Waals surface area contributed by atoms with E-state index in [-0.39, 0.29) is 12.0 Å². The van der Waals surface area contributed by atoms with Crippen molar-refractivity contribution in [1.29, 1.82) is 0 Å². The van der Waals surface area contributed by atoms with Gasteiger partial charge in [0.2, 0.25) is 0 Å². The number of thiophene rings is 1. The van der Waals surface area contributed by atoms with Crippen molar-refractivity contribution in [2.24, 2.45) is 0 Å². The van der Waals surface area contributed by atoms with Gasteiger partial charge in [-0.1, -0.05) is 30.3 Å². The summed E-state index contributed by atoms with van der Waals surface area (Å²) in [6, 6.07) is 10.2. The van der Waals surface area contributed by atoms with Crippen LogP contribution in [0.2, 0.25) is 0 Å². The van der Waals surface area contributed by atoms with Gasteiger partial charge in [0.1, 0.15) is 17.0 Å². The van der Waals surface area contributed by atoms with Gasteiger partial charge in [-0.3, -0.25) is 4.79 Å². The maximum Gasteiger partial charge on any atom is 0.261 e. The van der Waals surface area contributed by atoms with Gasteiger partial charge in [0, 0.05) is 19.7 Å². The van der Waals surface area contributed by atoms with Crippen molar-refractivity contribution in [2.75, 3.05) is 25.0 Å². The van der Waals surface area contributed by atoms with Crippen molar-refractivity contribution in [3.8, 4) is 0 Å². The molecule has 6 nitrogen and oxygen atoms in total. The van der Waals surface area contributed by atoms with Crippen molar-refractivity contribution in [2.45, 2.75) is 32.3 Å². The van der Waals surface area contributed by atoms with E-state index in [0.717, 1.165) is 54.0 Å². The minimum absolute atomic E-state index is 0.0542. The van der Waals surface area contributed by atoms with Crippen LogP contribution in [-0.4, -0.2) is 41.7 Å². The second kappa shape index (κ2) is 8.67. The second-order valence-corrected chi connectivity index (χ2v) is 7.97. The van der Waals surface area contributed by atoms with Gasteiger partial charge in [-0.25, -0.2) is 9.97 Å². The van der Waals surface area contributed by atoms with Crippen molar-refractivity contribution in [3.63, 3.8) is 0 Å². The van der Waals surface area contributed by atoms with Crippen molar-refractivity contribution < 1.29 is 9.53 Å². The average molecular weight is 397 g/mol. The lowest BCUT2D eigenvalue weighted by Crippen LogP contribution is -2.25. The highest BCUT2D eigenvalue weighted by molar-refractivity contribution is 7.20. The first-order valence-corrected chi connectivity index (χ1v) is 10.5. The Kier molecular flexibility index (Phi) is 5.83. The number of aromatic nitrogens is 2. The summed E-state index contributed by atoms with van der Waals surface area (Å²) in [6.45, 7) is 4.12. The van der Waals surface area contributed by atoms with Crippen LogP contribution in [0.1, 0.15) is 33.6 Å². The third-order valence-electron chi connectivity index (χ3n) is 5.00. The summed E-state index contributed by atoms with van der Waals surface area (Å²) in [5.41, 5.74) is 2.13. The number of ether oxygens (including phenoxy) is 1. The summed E-state index contributed by atoms with van der Waals surface area (Å²) in [7, 11) is 0. The van der Waals surface area contributed by atoms with Gasteiger partial charge in [-0.15, -0.1) is 11.3 Å². The number of carbonyl (C=O) groups excluding carboxylic acids is 1. The quantitative estimate of drug-likeness (QED) is 0.639. The van der Waals surface area contributed by atoms with E-state index in [9.17, 15) is 4.79 Å². The molecule has 1 saturated heterocycles. The average Bonchev–Trinajstić information content (AvgIpc) is 3.35. The van der Waals surface area contributed by atoms with Gasteiger partial charge in [-0.2, -0.15) is 0 Å². The lowest BCUT2D eigenvalue weighted by molar-refractivity contribution is 0.0957. The Bertz CT molecular complexity index is 952. The minimum Gasteiger partial charge on any atom is -0.376 e. The molecule has 0 bridgehead atoms. The number of anilines is 1. The second-order valence-electron chi connectivity index (χ2n) is 6.97. The van der Waals surface area contributed by atoms with E-state index in [4.69, 9.17) is 4.74 Å².